The first kappa shape index (κ1) is 10.1. The molecule has 0 aliphatic carbocycles. The van der Waals surface area contributed by atoms with Gasteiger partial charge in [0.1, 0.15) is 0 Å². The molecule has 3 nitrogen and oxygen atoms in total. The summed E-state index contributed by atoms with van der Waals surface area (Å²) >= 11 is 0. The van der Waals surface area contributed by atoms with E-state index >= 15 is 0 Å². The third kappa shape index (κ3) is 1.41. The Labute approximate surface area is 88.3 Å². The molecule has 0 aromatic heterocycles. The topological polar surface area (TPSA) is 51.2 Å². The molecule has 0 spiro atoms. The summed E-state index contributed by atoms with van der Waals surface area (Å²) in [6.45, 7) is 3.14. The Morgan fingerprint density at radius 3 is 2.53 bits per heavy atom. The fraction of sp³-hybridized carbons (Fsp3) is 0.182. The van der Waals surface area contributed by atoms with E-state index in [4.69, 9.17) is 0 Å². The molecule has 0 saturated heterocycles. The van der Waals surface area contributed by atoms with E-state index in [1.165, 1.54) is 18.4 Å². The first-order valence-electron chi connectivity index (χ1n) is 4.51. The fourth-order valence-electron chi connectivity index (χ4n) is 1.82. The Morgan fingerprint density at radius 2 is 1.93 bits per heavy atom. The Hall–Kier alpha value is -1.42. The van der Waals surface area contributed by atoms with Gasteiger partial charge in [-0.2, -0.15) is 0 Å². The lowest BCUT2D eigenvalue weighted by Gasteiger charge is -2.05. The van der Waals surface area contributed by atoms with E-state index in [0.717, 1.165) is 0 Å². The van der Waals surface area contributed by atoms with Crippen LogP contribution in [0.3, 0.4) is 0 Å². The number of allylic oxidation sites excluding steroid dienone is 1. The van der Waals surface area contributed by atoms with Crippen molar-refractivity contribution in [2.75, 3.05) is 0 Å². The van der Waals surface area contributed by atoms with Crippen molar-refractivity contribution in [2.45, 2.75) is 18.7 Å². The number of carbonyl (C=O) groups is 1. The van der Waals surface area contributed by atoms with Gasteiger partial charge in [0.2, 0.25) is 9.84 Å². The standard InChI is InChI=1S/C11H10O3S/c1-7-6-15(13,14)10-5-3-4-9(8(2)12)11(7)10/h3-6H,1-2H3. The van der Waals surface area contributed by atoms with Crippen molar-refractivity contribution < 1.29 is 13.2 Å². The molecular formula is C11H10O3S. The number of hydrogen-bond acceptors (Lipinski definition) is 3. The summed E-state index contributed by atoms with van der Waals surface area (Å²) in [5.41, 5.74) is 1.67. The molecule has 1 aliphatic heterocycles. The van der Waals surface area contributed by atoms with Crippen LogP contribution >= 0.6 is 0 Å². The van der Waals surface area contributed by atoms with Crippen molar-refractivity contribution in [1.29, 1.82) is 0 Å². The molecule has 2 rings (SSSR count). The second-order valence-corrected chi connectivity index (χ2v) is 5.35. The van der Waals surface area contributed by atoms with Crippen molar-refractivity contribution in [3.8, 4) is 0 Å². The van der Waals surface area contributed by atoms with Crippen LogP contribution in [0.4, 0.5) is 0 Å². The van der Waals surface area contributed by atoms with Gasteiger partial charge in [0.05, 0.1) is 4.90 Å². The summed E-state index contributed by atoms with van der Waals surface area (Å²) in [5.74, 6) is -0.114. The molecule has 15 heavy (non-hydrogen) atoms. The number of benzene rings is 1. The maximum atomic E-state index is 11.7. The third-order valence-electron chi connectivity index (χ3n) is 2.44. The lowest BCUT2D eigenvalue weighted by Crippen LogP contribution is -2.00. The summed E-state index contributed by atoms with van der Waals surface area (Å²) < 4.78 is 23.3. The molecule has 0 atom stereocenters. The van der Waals surface area contributed by atoms with Gasteiger partial charge >= 0.3 is 0 Å². The van der Waals surface area contributed by atoms with Crippen LogP contribution in [0.1, 0.15) is 29.8 Å². The highest BCUT2D eigenvalue weighted by Gasteiger charge is 2.27. The minimum atomic E-state index is -3.33. The van der Waals surface area contributed by atoms with E-state index < -0.39 is 9.84 Å². The molecule has 0 radical (unpaired) electrons. The van der Waals surface area contributed by atoms with E-state index in [9.17, 15) is 13.2 Å². The van der Waals surface area contributed by atoms with E-state index in [2.05, 4.69) is 0 Å². The zero-order chi connectivity index (χ0) is 11.2. The maximum Gasteiger partial charge on any atom is 0.200 e. The Kier molecular flexibility index (Phi) is 2.04. The zero-order valence-corrected chi connectivity index (χ0v) is 9.26. The number of Topliss-reactive ketones (excluding diaryl/α,β-unsaturated/α-hetero) is 1. The number of sulfone groups is 1. The van der Waals surface area contributed by atoms with Crippen LogP contribution < -0.4 is 0 Å². The SMILES string of the molecule is CC(=O)c1cccc2c1C(C)=CS2(=O)=O. The molecule has 78 valence electrons. The predicted octanol–water partition coefficient (Wildman–Crippen LogP) is 2.04. The summed E-state index contributed by atoms with van der Waals surface area (Å²) in [4.78, 5) is 11.6. The van der Waals surface area contributed by atoms with Crippen molar-refractivity contribution in [3.63, 3.8) is 0 Å². The van der Waals surface area contributed by atoms with Crippen molar-refractivity contribution in [1.82, 2.24) is 0 Å². The molecule has 4 heteroatoms. The van der Waals surface area contributed by atoms with Crippen LogP contribution in [0.15, 0.2) is 28.5 Å². The Morgan fingerprint density at radius 1 is 1.27 bits per heavy atom. The van der Waals surface area contributed by atoms with Crippen LogP contribution in [-0.4, -0.2) is 14.2 Å². The van der Waals surface area contributed by atoms with Crippen molar-refractivity contribution in [2.24, 2.45) is 0 Å². The number of carbonyl (C=O) groups excluding carboxylic acids is 1. The first-order valence-corrected chi connectivity index (χ1v) is 6.06. The minimum absolute atomic E-state index is 0.114. The fourth-order valence-corrected chi connectivity index (χ4v) is 3.36. The molecule has 0 amide bonds. The number of rotatable bonds is 1. The average molecular weight is 222 g/mol. The molecule has 1 aliphatic rings. The summed E-state index contributed by atoms with van der Waals surface area (Å²) in [6.07, 6.45) is 0. The van der Waals surface area contributed by atoms with Gasteiger partial charge in [-0.05, 0) is 25.5 Å². The molecule has 0 N–H and O–H groups in total. The maximum absolute atomic E-state index is 11.7. The van der Waals surface area contributed by atoms with Gasteiger partial charge in [0, 0.05) is 16.5 Å². The Balaban J connectivity index is 2.87. The van der Waals surface area contributed by atoms with Crippen LogP contribution in [0.2, 0.25) is 0 Å². The van der Waals surface area contributed by atoms with Crippen molar-refractivity contribution in [3.05, 3.63) is 34.7 Å². The lowest BCUT2D eigenvalue weighted by atomic mass is 10.00. The van der Waals surface area contributed by atoms with Gasteiger partial charge in [-0.25, -0.2) is 8.42 Å². The van der Waals surface area contributed by atoms with Gasteiger partial charge in [-0.3, -0.25) is 4.79 Å². The molecule has 1 heterocycles. The van der Waals surface area contributed by atoms with Gasteiger partial charge < -0.3 is 0 Å². The minimum Gasteiger partial charge on any atom is -0.294 e. The zero-order valence-electron chi connectivity index (χ0n) is 8.44. The van der Waals surface area contributed by atoms with Gasteiger partial charge in [0.25, 0.3) is 0 Å². The Bertz CT molecular complexity index is 580. The van der Waals surface area contributed by atoms with Crippen LogP contribution in [-0.2, 0) is 9.84 Å². The number of ketones is 1. The average Bonchev–Trinajstić information content (AvgIpc) is 2.37. The van der Waals surface area contributed by atoms with Gasteiger partial charge in [0.15, 0.2) is 5.78 Å². The van der Waals surface area contributed by atoms with Crippen LogP contribution in [0, 0.1) is 0 Å². The molecule has 0 fully saturated rings. The van der Waals surface area contributed by atoms with Crippen molar-refractivity contribution >= 4 is 21.2 Å². The van der Waals surface area contributed by atoms with E-state index in [0.29, 0.717) is 16.7 Å². The molecule has 0 unspecified atom stereocenters. The number of fused-ring (bicyclic) bond motifs is 1. The number of hydrogen-bond donors (Lipinski definition) is 0. The van der Waals surface area contributed by atoms with Gasteiger partial charge in [-0.1, -0.05) is 12.1 Å². The molecule has 1 aromatic carbocycles. The van der Waals surface area contributed by atoms with Crippen LogP contribution in [0.5, 0.6) is 0 Å². The van der Waals surface area contributed by atoms with Gasteiger partial charge in [-0.15, -0.1) is 0 Å². The van der Waals surface area contributed by atoms with E-state index in [1.54, 1.807) is 19.1 Å². The highest BCUT2D eigenvalue weighted by atomic mass is 32.2. The highest BCUT2D eigenvalue weighted by molar-refractivity contribution is 7.95. The second kappa shape index (κ2) is 3.03. The van der Waals surface area contributed by atoms with Crippen LogP contribution in [0.25, 0.3) is 5.57 Å². The quantitative estimate of drug-likeness (QED) is 0.683. The second-order valence-electron chi connectivity index (χ2n) is 3.58. The first-order chi connectivity index (χ1) is 6.93. The third-order valence-corrected chi connectivity index (χ3v) is 4.06. The lowest BCUT2D eigenvalue weighted by molar-refractivity contribution is 0.101. The monoisotopic (exact) mass is 222 g/mol. The molecule has 1 aromatic rings. The normalized spacial score (nSPS) is 17.1. The smallest absolute Gasteiger partial charge is 0.200 e. The van der Waals surface area contributed by atoms with E-state index in [1.807, 2.05) is 0 Å². The molecule has 0 bridgehead atoms. The summed E-state index contributed by atoms with van der Waals surface area (Å²) in [6, 6.07) is 4.78. The highest BCUT2D eigenvalue weighted by Crippen LogP contribution is 2.35. The predicted molar refractivity (Wildman–Crippen MR) is 57.3 cm³/mol. The summed E-state index contributed by atoms with van der Waals surface area (Å²) in [5, 5.41) is 1.21. The largest absolute Gasteiger partial charge is 0.294 e. The summed E-state index contributed by atoms with van der Waals surface area (Å²) in [7, 11) is -3.33. The molecular weight excluding hydrogens is 212 g/mol. The molecule has 0 saturated carbocycles. The van der Waals surface area contributed by atoms with E-state index in [-0.39, 0.29) is 10.7 Å².